The molecule has 0 bridgehead atoms. The number of methoxy groups -OCH3 is 1. The lowest BCUT2D eigenvalue weighted by Crippen LogP contribution is -2.08. The van der Waals surface area contributed by atoms with Crippen LogP contribution in [0.15, 0.2) is 30.5 Å². The van der Waals surface area contributed by atoms with E-state index in [4.69, 9.17) is 4.74 Å². The molecule has 1 N–H and O–H groups in total. The van der Waals surface area contributed by atoms with Crippen molar-refractivity contribution in [1.82, 2.24) is 15.0 Å². The Labute approximate surface area is 105 Å². The van der Waals surface area contributed by atoms with E-state index in [1.54, 1.807) is 23.9 Å². The van der Waals surface area contributed by atoms with Gasteiger partial charge in [-0.2, -0.15) is 0 Å². The molecule has 1 aromatic heterocycles. The molecular weight excluding hydrogens is 232 g/mol. The molecule has 94 valence electrons. The second-order valence-corrected chi connectivity index (χ2v) is 3.77. The van der Waals surface area contributed by atoms with Crippen LogP contribution in [-0.4, -0.2) is 28.1 Å². The first-order valence-electron chi connectivity index (χ1n) is 5.47. The Balaban J connectivity index is 2.11. The van der Waals surface area contributed by atoms with E-state index in [2.05, 4.69) is 15.6 Å². The zero-order valence-electron chi connectivity index (χ0n) is 10.3. The minimum absolute atomic E-state index is 0.364. The van der Waals surface area contributed by atoms with E-state index in [1.807, 2.05) is 18.3 Å². The minimum atomic E-state index is -0.364. The Morgan fingerprint density at radius 3 is 2.89 bits per heavy atom. The Bertz CT molecular complexity index is 551. The maximum Gasteiger partial charge on any atom is 0.339 e. The van der Waals surface area contributed by atoms with E-state index in [0.717, 1.165) is 11.4 Å². The summed E-state index contributed by atoms with van der Waals surface area (Å²) in [6.45, 7) is 0.502. The van der Waals surface area contributed by atoms with E-state index >= 15 is 0 Å². The van der Waals surface area contributed by atoms with Gasteiger partial charge >= 0.3 is 5.97 Å². The minimum Gasteiger partial charge on any atom is -0.465 e. The predicted molar refractivity (Wildman–Crippen MR) is 66.1 cm³/mol. The third-order valence-corrected chi connectivity index (χ3v) is 2.44. The molecule has 2 rings (SSSR count). The Hall–Kier alpha value is -2.37. The van der Waals surface area contributed by atoms with E-state index in [9.17, 15) is 4.79 Å². The van der Waals surface area contributed by atoms with Gasteiger partial charge in [-0.3, -0.25) is 4.68 Å². The van der Waals surface area contributed by atoms with Crippen LogP contribution in [0, 0.1) is 0 Å². The highest BCUT2D eigenvalue weighted by Crippen LogP contribution is 2.16. The smallest absolute Gasteiger partial charge is 0.339 e. The Kier molecular flexibility index (Phi) is 3.57. The van der Waals surface area contributed by atoms with Crippen LogP contribution >= 0.6 is 0 Å². The summed E-state index contributed by atoms with van der Waals surface area (Å²) in [5, 5.41) is 10.9. The van der Waals surface area contributed by atoms with Crippen molar-refractivity contribution in [3.05, 3.63) is 41.7 Å². The normalized spacial score (nSPS) is 10.1. The zero-order valence-corrected chi connectivity index (χ0v) is 10.3. The molecular formula is C12H14N4O2. The number of aromatic nitrogens is 3. The molecule has 0 unspecified atom stereocenters. The number of hydrogen-bond acceptors (Lipinski definition) is 5. The van der Waals surface area contributed by atoms with Gasteiger partial charge in [-0.25, -0.2) is 4.79 Å². The van der Waals surface area contributed by atoms with Crippen molar-refractivity contribution in [3.63, 3.8) is 0 Å². The number of nitrogens with one attached hydrogen (secondary N) is 1. The summed E-state index contributed by atoms with van der Waals surface area (Å²) in [5.74, 6) is -0.364. The van der Waals surface area contributed by atoms with E-state index in [1.165, 1.54) is 7.11 Å². The lowest BCUT2D eigenvalue weighted by molar-refractivity contribution is 0.0602. The average molecular weight is 246 g/mol. The van der Waals surface area contributed by atoms with Crippen LogP contribution in [0.25, 0.3) is 0 Å². The van der Waals surface area contributed by atoms with E-state index in [0.29, 0.717) is 12.1 Å². The summed E-state index contributed by atoms with van der Waals surface area (Å²) < 4.78 is 6.35. The van der Waals surface area contributed by atoms with Gasteiger partial charge < -0.3 is 10.1 Å². The van der Waals surface area contributed by atoms with Gasteiger partial charge in [0.1, 0.15) is 5.69 Å². The highest BCUT2D eigenvalue weighted by molar-refractivity contribution is 5.95. The largest absolute Gasteiger partial charge is 0.465 e. The molecule has 2 aromatic rings. The van der Waals surface area contributed by atoms with Gasteiger partial charge in [-0.15, -0.1) is 5.10 Å². The highest BCUT2D eigenvalue weighted by atomic mass is 16.5. The number of carbonyl (C=O) groups excluding carboxylic acids is 1. The van der Waals surface area contributed by atoms with Crippen molar-refractivity contribution in [3.8, 4) is 0 Å². The maximum absolute atomic E-state index is 11.6. The molecule has 0 spiro atoms. The molecule has 0 aliphatic carbocycles. The van der Waals surface area contributed by atoms with Crippen molar-refractivity contribution >= 4 is 11.7 Å². The van der Waals surface area contributed by atoms with Gasteiger partial charge in [0, 0.05) is 18.9 Å². The monoisotopic (exact) mass is 246 g/mol. The number of hydrogen-bond donors (Lipinski definition) is 1. The number of benzene rings is 1. The number of rotatable bonds is 4. The fourth-order valence-corrected chi connectivity index (χ4v) is 1.59. The van der Waals surface area contributed by atoms with Crippen LogP contribution < -0.4 is 5.32 Å². The number of nitrogens with zero attached hydrogens (tertiary/aromatic N) is 3. The summed E-state index contributed by atoms with van der Waals surface area (Å²) >= 11 is 0. The molecule has 0 saturated carbocycles. The molecule has 6 heteroatoms. The van der Waals surface area contributed by atoms with Crippen molar-refractivity contribution in [2.24, 2.45) is 7.05 Å². The van der Waals surface area contributed by atoms with Gasteiger partial charge in [-0.05, 0) is 12.1 Å². The number of anilines is 1. The molecule has 18 heavy (non-hydrogen) atoms. The fourth-order valence-electron chi connectivity index (χ4n) is 1.59. The van der Waals surface area contributed by atoms with Crippen molar-refractivity contribution < 1.29 is 9.53 Å². The summed E-state index contributed by atoms with van der Waals surface area (Å²) in [5.41, 5.74) is 2.02. The van der Waals surface area contributed by atoms with Crippen LogP contribution in [0.1, 0.15) is 16.1 Å². The van der Waals surface area contributed by atoms with E-state index < -0.39 is 0 Å². The van der Waals surface area contributed by atoms with Gasteiger partial charge in [0.15, 0.2) is 0 Å². The second-order valence-electron chi connectivity index (χ2n) is 3.77. The van der Waals surface area contributed by atoms with Crippen LogP contribution in [0.4, 0.5) is 5.69 Å². The first kappa shape index (κ1) is 12.1. The summed E-state index contributed by atoms with van der Waals surface area (Å²) in [4.78, 5) is 11.6. The van der Waals surface area contributed by atoms with Crippen LogP contribution in [0.5, 0.6) is 0 Å². The van der Waals surface area contributed by atoms with Crippen molar-refractivity contribution in [1.29, 1.82) is 0 Å². The molecule has 0 aliphatic rings. The first-order chi connectivity index (χ1) is 8.70. The Morgan fingerprint density at radius 1 is 1.44 bits per heavy atom. The summed E-state index contributed by atoms with van der Waals surface area (Å²) in [6, 6.07) is 7.18. The molecule has 0 amide bonds. The van der Waals surface area contributed by atoms with Crippen molar-refractivity contribution in [2.75, 3.05) is 12.4 Å². The van der Waals surface area contributed by atoms with Crippen LogP contribution in [0.2, 0.25) is 0 Å². The SMILES string of the molecule is COC(=O)c1ccccc1NCc1cn(C)nn1. The number of para-hydroxylation sites is 1. The number of carbonyl (C=O) groups is 1. The molecule has 0 fully saturated rings. The fraction of sp³-hybridized carbons (Fsp3) is 0.250. The number of ether oxygens (including phenoxy) is 1. The maximum atomic E-state index is 11.6. The average Bonchev–Trinajstić information content (AvgIpc) is 2.81. The zero-order chi connectivity index (χ0) is 13.0. The van der Waals surface area contributed by atoms with Gasteiger partial charge in [0.2, 0.25) is 0 Å². The van der Waals surface area contributed by atoms with Crippen LogP contribution in [-0.2, 0) is 18.3 Å². The molecule has 1 heterocycles. The predicted octanol–water partition coefficient (Wildman–Crippen LogP) is 1.21. The van der Waals surface area contributed by atoms with Gasteiger partial charge in [-0.1, -0.05) is 17.3 Å². The topological polar surface area (TPSA) is 69.0 Å². The first-order valence-corrected chi connectivity index (χ1v) is 5.47. The quantitative estimate of drug-likeness (QED) is 0.821. The molecule has 0 radical (unpaired) electrons. The molecule has 0 aliphatic heterocycles. The summed E-state index contributed by atoms with van der Waals surface area (Å²) in [7, 11) is 3.17. The van der Waals surface area contributed by atoms with Gasteiger partial charge in [0.05, 0.1) is 19.2 Å². The lowest BCUT2D eigenvalue weighted by Gasteiger charge is -2.08. The molecule has 0 saturated heterocycles. The molecule has 6 nitrogen and oxygen atoms in total. The molecule has 0 atom stereocenters. The Morgan fingerprint density at radius 2 is 2.22 bits per heavy atom. The highest BCUT2D eigenvalue weighted by Gasteiger charge is 2.10. The third-order valence-electron chi connectivity index (χ3n) is 2.44. The lowest BCUT2D eigenvalue weighted by atomic mass is 10.2. The van der Waals surface area contributed by atoms with E-state index in [-0.39, 0.29) is 5.97 Å². The summed E-state index contributed by atoms with van der Waals surface area (Å²) in [6.07, 6.45) is 1.81. The van der Waals surface area contributed by atoms with Crippen molar-refractivity contribution in [2.45, 2.75) is 6.54 Å². The standard InChI is InChI=1S/C12H14N4O2/c1-16-8-9(14-15-16)7-13-11-6-4-3-5-10(11)12(17)18-2/h3-6,8,13H,7H2,1-2H3. The van der Waals surface area contributed by atoms with Gasteiger partial charge in [0.25, 0.3) is 0 Å². The molecule has 1 aromatic carbocycles. The third kappa shape index (κ3) is 2.65. The number of esters is 1. The second kappa shape index (κ2) is 5.31. The van der Waals surface area contributed by atoms with Crippen LogP contribution in [0.3, 0.4) is 0 Å². The number of aryl methyl sites for hydroxylation is 1.